The summed E-state index contributed by atoms with van der Waals surface area (Å²) < 4.78 is 25.3. The first-order valence-corrected chi connectivity index (χ1v) is 13.0. The first kappa shape index (κ1) is 25.7. The number of carbonyl (C=O) groups is 1. The molecule has 0 unspecified atom stereocenters. The lowest BCUT2D eigenvalue weighted by Gasteiger charge is -2.50. The van der Waals surface area contributed by atoms with Gasteiger partial charge in [-0.05, 0) is 29.3 Å². The lowest BCUT2D eigenvalue weighted by molar-refractivity contribution is -0.245. The van der Waals surface area contributed by atoms with E-state index in [1.54, 1.807) is 0 Å². The van der Waals surface area contributed by atoms with Crippen LogP contribution in [0, 0.1) is 5.92 Å². The molecular formula is C30H32ClNO5. The van der Waals surface area contributed by atoms with Gasteiger partial charge in [0.15, 0.2) is 0 Å². The molecule has 7 heteroatoms. The van der Waals surface area contributed by atoms with Gasteiger partial charge >= 0.3 is 5.97 Å². The third-order valence-electron chi connectivity index (χ3n) is 7.04. The maximum Gasteiger partial charge on any atom is 0.302 e. The van der Waals surface area contributed by atoms with Crippen LogP contribution in [0.1, 0.15) is 29.7 Å². The standard InChI is InChI=1S/C30H32ClNO5/c1-20(33)34-19-27-30(36-18-22-11-7-4-8-12-22)29(35-17-21-9-5-3-6-10-21)25-16-32(2)26-14-13-23(31)15-24(26)28(25)37-27/h3-15,25,27-30H,16-19H2,1-2H3/t25-,27+,28+,29+,30+/m0/s1. The lowest BCUT2D eigenvalue weighted by Crippen LogP contribution is -2.58. The normalized spacial score (nSPS) is 24.7. The molecule has 0 amide bonds. The minimum absolute atomic E-state index is 0.0194. The van der Waals surface area contributed by atoms with Crippen LogP contribution in [0.4, 0.5) is 5.69 Å². The second-order valence-corrected chi connectivity index (χ2v) is 10.1. The van der Waals surface area contributed by atoms with Crippen molar-refractivity contribution in [2.24, 2.45) is 5.92 Å². The first-order chi connectivity index (χ1) is 18.0. The lowest BCUT2D eigenvalue weighted by atomic mass is 9.79. The van der Waals surface area contributed by atoms with Gasteiger partial charge in [-0.15, -0.1) is 0 Å². The average molecular weight is 522 g/mol. The van der Waals surface area contributed by atoms with Crippen molar-refractivity contribution < 1.29 is 23.7 Å². The summed E-state index contributed by atoms with van der Waals surface area (Å²) in [4.78, 5) is 14.0. The molecule has 2 heterocycles. The first-order valence-electron chi connectivity index (χ1n) is 12.6. The third-order valence-corrected chi connectivity index (χ3v) is 7.27. The number of fused-ring (bicyclic) bond motifs is 3. The Kier molecular flexibility index (Phi) is 8.11. The van der Waals surface area contributed by atoms with E-state index in [1.165, 1.54) is 6.92 Å². The van der Waals surface area contributed by atoms with E-state index in [4.69, 9.17) is 30.5 Å². The van der Waals surface area contributed by atoms with Crippen LogP contribution in [0.3, 0.4) is 0 Å². The van der Waals surface area contributed by atoms with Gasteiger partial charge in [0.1, 0.15) is 18.8 Å². The number of ether oxygens (including phenoxy) is 4. The van der Waals surface area contributed by atoms with Crippen molar-refractivity contribution in [1.82, 2.24) is 0 Å². The van der Waals surface area contributed by atoms with Gasteiger partial charge in [-0.3, -0.25) is 4.79 Å². The Hall–Kier alpha value is -2.90. The van der Waals surface area contributed by atoms with Crippen LogP contribution in [0.25, 0.3) is 0 Å². The molecule has 5 atom stereocenters. The molecule has 37 heavy (non-hydrogen) atoms. The van der Waals surface area contributed by atoms with Gasteiger partial charge in [0.25, 0.3) is 0 Å². The molecule has 0 saturated carbocycles. The number of nitrogens with zero attached hydrogens (tertiary/aromatic N) is 1. The molecule has 5 rings (SSSR count). The van der Waals surface area contributed by atoms with Gasteiger partial charge in [-0.1, -0.05) is 72.3 Å². The second kappa shape index (κ2) is 11.7. The predicted octanol–water partition coefficient (Wildman–Crippen LogP) is 5.58. The van der Waals surface area contributed by atoms with Crippen molar-refractivity contribution in [3.8, 4) is 0 Å². The maximum atomic E-state index is 11.8. The van der Waals surface area contributed by atoms with Crippen LogP contribution in [-0.2, 0) is 37.0 Å². The molecular weight excluding hydrogens is 490 g/mol. The SMILES string of the molecule is CC(=O)OC[C@H]1O[C@@H]2c3cc(Cl)ccc3N(C)C[C@@H]2[C@@H](OCc2ccccc2)[C@@H]1OCc1ccccc1. The molecule has 194 valence electrons. The van der Waals surface area contributed by atoms with Gasteiger partial charge in [0, 0.05) is 42.7 Å². The summed E-state index contributed by atoms with van der Waals surface area (Å²) in [6, 6.07) is 26.0. The highest BCUT2D eigenvalue weighted by atomic mass is 35.5. The van der Waals surface area contributed by atoms with Crippen LogP contribution >= 0.6 is 11.6 Å². The fourth-order valence-corrected chi connectivity index (χ4v) is 5.48. The molecule has 0 spiro atoms. The Morgan fingerprint density at radius 2 is 1.57 bits per heavy atom. The van der Waals surface area contributed by atoms with Crippen molar-refractivity contribution in [2.75, 3.05) is 25.1 Å². The van der Waals surface area contributed by atoms with E-state index in [1.807, 2.05) is 66.7 Å². The number of esters is 1. The summed E-state index contributed by atoms with van der Waals surface area (Å²) in [5, 5.41) is 0.650. The van der Waals surface area contributed by atoms with Crippen molar-refractivity contribution in [1.29, 1.82) is 0 Å². The third kappa shape index (κ3) is 5.99. The van der Waals surface area contributed by atoms with Gasteiger partial charge in [-0.2, -0.15) is 0 Å². The van der Waals surface area contributed by atoms with E-state index in [2.05, 4.69) is 24.1 Å². The zero-order valence-electron chi connectivity index (χ0n) is 21.1. The van der Waals surface area contributed by atoms with Gasteiger partial charge in [-0.25, -0.2) is 0 Å². The van der Waals surface area contributed by atoms with E-state index in [0.29, 0.717) is 18.2 Å². The highest BCUT2D eigenvalue weighted by molar-refractivity contribution is 6.30. The van der Waals surface area contributed by atoms with Crippen molar-refractivity contribution in [2.45, 2.75) is 44.6 Å². The van der Waals surface area contributed by atoms with E-state index in [9.17, 15) is 4.79 Å². The number of hydrogen-bond donors (Lipinski definition) is 0. The largest absolute Gasteiger partial charge is 0.463 e. The molecule has 1 fully saturated rings. The quantitative estimate of drug-likeness (QED) is 0.361. The number of halogens is 1. The Labute approximate surface area is 223 Å². The zero-order chi connectivity index (χ0) is 25.8. The average Bonchev–Trinajstić information content (AvgIpc) is 2.91. The van der Waals surface area contributed by atoms with Crippen LogP contribution in [0.15, 0.2) is 78.9 Å². The highest BCUT2D eigenvalue weighted by Gasteiger charge is 2.51. The molecule has 0 bridgehead atoms. The number of rotatable bonds is 8. The molecule has 6 nitrogen and oxygen atoms in total. The fourth-order valence-electron chi connectivity index (χ4n) is 5.30. The van der Waals surface area contributed by atoms with Crippen LogP contribution < -0.4 is 4.90 Å². The fraction of sp³-hybridized carbons (Fsp3) is 0.367. The monoisotopic (exact) mass is 521 g/mol. The van der Waals surface area contributed by atoms with E-state index < -0.39 is 12.2 Å². The second-order valence-electron chi connectivity index (χ2n) is 9.67. The van der Waals surface area contributed by atoms with E-state index in [-0.39, 0.29) is 30.7 Å². The summed E-state index contributed by atoms with van der Waals surface area (Å²) in [5.74, 6) is -0.380. The molecule has 0 aliphatic carbocycles. The van der Waals surface area contributed by atoms with Crippen molar-refractivity contribution in [3.63, 3.8) is 0 Å². The van der Waals surface area contributed by atoms with Crippen LogP contribution in [0.2, 0.25) is 5.02 Å². The van der Waals surface area contributed by atoms with Crippen molar-refractivity contribution in [3.05, 3.63) is 101 Å². The summed E-state index contributed by atoms with van der Waals surface area (Å²) in [6.07, 6.45) is -1.54. The minimum atomic E-state index is -0.509. The van der Waals surface area contributed by atoms with Gasteiger partial charge in [0.2, 0.25) is 0 Å². The number of carbonyl (C=O) groups excluding carboxylic acids is 1. The summed E-state index contributed by atoms with van der Waals surface area (Å²) >= 11 is 6.42. The molecule has 0 N–H and O–H groups in total. The highest BCUT2D eigenvalue weighted by Crippen LogP contribution is 2.47. The predicted molar refractivity (Wildman–Crippen MR) is 142 cm³/mol. The van der Waals surface area contributed by atoms with Crippen LogP contribution in [0.5, 0.6) is 0 Å². The molecule has 2 aliphatic rings. The van der Waals surface area contributed by atoms with E-state index in [0.717, 1.165) is 28.9 Å². The number of hydrogen-bond acceptors (Lipinski definition) is 6. The zero-order valence-corrected chi connectivity index (χ0v) is 21.8. The molecule has 1 saturated heterocycles. The van der Waals surface area contributed by atoms with Crippen molar-refractivity contribution >= 4 is 23.3 Å². The number of anilines is 1. The van der Waals surface area contributed by atoms with E-state index >= 15 is 0 Å². The topological polar surface area (TPSA) is 57.2 Å². The maximum absolute atomic E-state index is 11.8. The molecule has 0 radical (unpaired) electrons. The van der Waals surface area contributed by atoms with Gasteiger partial charge in [0.05, 0.1) is 25.4 Å². The Morgan fingerprint density at radius 1 is 0.946 bits per heavy atom. The summed E-state index contributed by atoms with van der Waals surface area (Å²) in [5.41, 5.74) is 4.21. The Balaban J connectivity index is 1.49. The summed E-state index contributed by atoms with van der Waals surface area (Å²) in [6.45, 7) is 3.04. The summed E-state index contributed by atoms with van der Waals surface area (Å²) in [7, 11) is 2.07. The Bertz CT molecular complexity index is 1190. The smallest absolute Gasteiger partial charge is 0.302 e. The molecule has 0 aromatic heterocycles. The molecule has 3 aromatic rings. The van der Waals surface area contributed by atoms with Gasteiger partial charge < -0.3 is 23.8 Å². The molecule has 3 aromatic carbocycles. The number of benzene rings is 3. The Morgan fingerprint density at radius 3 is 2.19 bits per heavy atom. The minimum Gasteiger partial charge on any atom is -0.463 e. The molecule has 2 aliphatic heterocycles. The van der Waals surface area contributed by atoms with Crippen LogP contribution in [-0.4, -0.2) is 44.5 Å².